The number of piperidine rings is 1. The first kappa shape index (κ1) is 36.5. The molecule has 47 heavy (non-hydrogen) atoms. The number of thiophene rings is 2. The third kappa shape index (κ3) is 8.38. The number of fused-ring (bicyclic) bond motifs is 1. The molecular formula is C30H30ClF6N3O5S2. The molecule has 5 rings (SSSR count). The van der Waals surface area contributed by atoms with Gasteiger partial charge >= 0.3 is 18.3 Å². The van der Waals surface area contributed by atoms with Crippen LogP contribution in [0.2, 0.25) is 4.34 Å². The van der Waals surface area contributed by atoms with E-state index in [4.69, 9.17) is 11.6 Å². The number of halogens is 7. The number of aromatic nitrogens is 1. The number of nitrogens with zero attached hydrogens (tertiary/aromatic N) is 3. The molecule has 256 valence electrons. The van der Waals surface area contributed by atoms with E-state index in [1.165, 1.54) is 33.6 Å². The van der Waals surface area contributed by atoms with E-state index in [-0.39, 0.29) is 25.3 Å². The quantitative estimate of drug-likeness (QED) is 0.262. The van der Waals surface area contributed by atoms with Crippen molar-refractivity contribution in [2.24, 2.45) is 5.92 Å². The van der Waals surface area contributed by atoms with Crippen LogP contribution in [0, 0.1) is 5.92 Å². The van der Waals surface area contributed by atoms with Crippen molar-refractivity contribution in [2.75, 3.05) is 13.7 Å². The third-order valence-corrected chi connectivity index (χ3v) is 10.1. The van der Waals surface area contributed by atoms with Gasteiger partial charge in [0.1, 0.15) is 22.4 Å². The molecular weight excluding hydrogens is 696 g/mol. The van der Waals surface area contributed by atoms with Crippen LogP contribution in [0.4, 0.5) is 26.3 Å². The van der Waals surface area contributed by atoms with Crippen molar-refractivity contribution in [1.82, 2.24) is 14.8 Å². The maximum absolute atomic E-state index is 13.8. The Balaban J connectivity index is 0.000000385. The highest BCUT2D eigenvalue weighted by atomic mass is 35.5. The Morgan fingerprint density at radius 3 is 2.43 bits per heavy atom. The Labute approximate surface area is 278 Å². The van der Waals surface area contributed by atoms with E-state index in [1.54, 1.807) is 6.07 Å². The van der Waals surface area contributed by atoms with Gasteiger partial charge in [0.05, 0.1) is 29.5 Å². The Bertz CT molecular complexity index is 1590. The minimum atomic E-state index is -4.76. The van der Waals surface area contributed by atoms with E-state index in [0.717, 1.165) is 34.8 Å². The van der Waals surface area contributed by atoms with Gasteiger partial charge in [0.25, 0.3) is 5.91 Å². The van der Waals surface area contributed by atoms with E-state index in [2.05, 4.69) is 9.72 Å². The molecule has 3 aromatic heterocycles. The van der Waals surface area contributed by atoms with Gasteiger partial charge in [-0.3, -0.25) is 14.6 Å². The number of likely N-dealkylation sites (tertiary alicyclic amines) is 1. The number of carboxylic acids is 1. The third-order valence-electron chi connectivity index (χ3n) is 7.89. The molecule has 5 heterocycles. The highest BCUT2D eigenvalue weighted by Crippen LogP contribution is 2.39. The molecule has 2 amide bonds. The van der Waals surface area contributed by atoms with Crippen molar-refractivity contribution < 1.29 is 50.6 Å². The fourth-order valence-electron chi connectivity index (χ4n) is 5.75. The predicted molar refractivity (Wildman–Crippen MR) is 163 cm³/mol. The number of carboxylic acid groups (broad SMARTS) is 1. The molecule has 0 aromatic carbocycles. The molecule has 2 aliphatic heterocycles. The van der Waals surface area contributed by atoms with Crippen LogP contribution >= 0.6 is 34.3 Å². The molecule has 3 atom stereocenters. The lowest BCUT2D eigenvalue weighted by Crippen LogP contribution is -2.57. The molecule has 2 aliphatic rings. The number of methoxy groups -OCH3 is 1. The summed E-state index contributed by atoms with van der Waals surface area (Å²) in [6.45, 7) is 2.14. The summed E-state index contributed by atoms with van der Waals surface area (Å²) in [6, 6.07) is 2.87. The van der Waals surface area contributed by atoms with Gasteiger partial charge in [0.2, 0.25) is 5.91 Å². The summed E-state index contributed by atoms with van der Waals surface area (Å²) < 4.78 is 81.5. The zero-order valence-corrected chi connectivity index (χ0v) is 27.4. The van der Waals surface area contributed by atoms with Gasteiger partial charge in [-0.05, 0) is 43.0 Å². The topological polar surface area (TPSA) is 100 Å². The summed E-state index contributed by atoms with van der Waals surface area (Å²) in [7, 11) is 1.34. The maximum Gasteiger partial charge on any atom is 0.425 e. The first-order chi connectivity index (χ1) is 22.1. The van der Waals surface area contributed by atoms with Gasteiger partial charge in [-0.25, -0.2) is 4.79 Å². The van der Waals surface area contributed by atoms with Crippen molar-refractivity contribution in [3.05, 3.63) is 66.8 Å². The molecule has 1 fully saturated rings. The van der Waals surface area contributed by atoms with Crippen LogP contribution in [0.1, 0.15) is 64.0 Å². The lowest BCUT2D eigenvalue weighted by atomic mass is 9.84. The highest BCUT2D eigenvalue weighted by Gasteiger charge is 2.45. The zero-order valence-electron chi connectivity index (χ0n) is 25.0. The number of alkyl halides is 6. The number of hydrogen-bond donors (Lipinski definition) is 1. The number of amides is 2. The minimum Gasteiger partial charge on any atom is -0.496 e. The number of rotatable bonds is 6. The Morgan fingerprint density at radius 1 is 1.13 bits per heavy atom. The SMILES string of the molecule is CCC[C@@H]1[C@H](C(=O)N2Cc3sc(Cl)cc3CC2C(=O)O)CCCN1C(=O)c1ncccc1C(F)(F)F.COc1csc(C(F)(F)F)c1. The largest absolute Gasteiger partial charge is 0.496 e. The van der Waals surface area contributed by atoms with Crippen LogP contribution in [0.5, 0.6) is 5.75 Å². The molecule has 1 saturated heterocycles. The molecule has 8 nitrogen and oxygen atoms in total. The average molecular weight is 726 g/mol. The minimum absolute atomic E-state index is 0.0876. The molecule has 0 bridgehead atoms. The highest BCUT2D eigenvalue weighted by molar-refractivity contribution is 7.16. The number of hydrogen-bond acceptors (Lipinski definition) is 7. The van der Waals surface area contributed by atoms with Gasteiger partial charge < -0.3 is 19.6 Å². The molecule has 3 aromatic rings. The van der Waals surface area contributed by atoms with Crippen LogP contribution in [0.25, 0.3) is 0 Å². The first-order valence-corrected chi connectivity index (χ1v) is 16.5. The molecule has 0 saturated carbocycles. The lowest BCUT2D eigenvalue weighted by Gasteiger charge is -2.44. The molecule has 0 spiro atoms. The number of aliphatic carboxylic acids is 1. The van der Waals surface area contributed by atoms with Crippen molar-refractivity contribution >= 4 is 52.1 Å². The fourth-order valence-corrected chi connectivity index (χ4v) is 7.80. The summed E-state index contributed by atoms with van der Waals surface area (Å²) in [5.41, 5.74) is -1.02. The van der Waals surface area contributed by atoms with E-state index in [0.29, 0.717) is 41.4 Å². The second kappa shape index (κ2) is 14.8. The second-order valence-corrected chi connectivity index (χ2v) is 13.6. The summed E-state index contributed by atoms with van der Waals surface area (Å²) in [6.07, 6.45) is -5.97. The Hall–Kier alpha value is -3.37. The van der Waals surface area contributed by atoms with Gasteiger partial charge in [0, 0.05) is 41.5 Å². The van der Waals surface area contributed by atoms with E-state index >= 15 is 0 Å². The standard InChI is InChI=1S/C24H25ClF3N3O4S.C6H5F3OS/c1-2-5-16-14(21(32)31-12-18-13(11-19(25)36-18)10-17(31)23(34)35)6-4-9-30(16)22(33)20-15(24(26,27)28)7-3-8-29-20;1-10-4-2-5(11-3-4)6(7,8)9/h3,7-8,11,14,16-17H,2,4-6,9-10,12H2,1H3,(H,34,35);2-3H,1H3/t14-,16-,17?;/m1./s1. The summed E-state index contributed by atoms with van der Waals surface area (Å²) in [5.74, 6) is -2.91. The van der Waals surface area contributed by atoms with Crippen LogP contribution in [-0.4, -0.2) is 63.4 Å². The Kier molecular flexibility index (Phi) is 11.5. The van der Waals surface area contributed by atoms with Crippen molar-refractivity contribution in [3.8, 4) is 5.75 Å². The molecule has 1 N–H and O–H groups in total. The first-order valence-electron chi connectivity index (χ1n) is 14.4. The normalized spacial score (nSPS) is 19.8. The van der Waals surface area contributed by atoms with Crippen LogP contribution in [-0.2, 0) is 34.9 Å². The van der Waals surface area contributed by atoms with E-state index in [9.17, 15) is 45.8 Å². The predicted octanol–water partition coefficient (Wildman–Crippen LogP) is 7.65. The van der Waals surface area contributed by atoms with Gasteiger partial charge in [-0.15, -0.1) is 22.7 Å². The smallest absolute Gasteiger partial charge is 0.425 e. The number of pyridine rings is 1. The van der Waals surface area contributed by atoms with Crippen molar-refractivity contribution in [1.29, 1.82) is 0 Å². The maximum atomic E-state index is 13.8. The average Bonchev–Trinajstić information content (AvgIpc) is 3.66. The summed E-state index contributed by atoms with van der Waals surface area (Å²) >= 11 is 8.03. The summed E-state index contributed by atoms with van der Waals surface area (Å²) in [5, 5.41) is 11.2. The van der Waals surface area contributed by atoms with Gasteiger partial charge in [-0.1, -0.05) is 24.9 Å². The second-order valence-electron chi connectivity index (χ2n) is 10.9. The molecule has 0 radical (unpaired) electrons. The summed E-state index contributed by atoms with van der Waals surface area (Å²) in [4.78, 5) is 45.8. The van der Waals surface area contributed by atoms with E-state index in [1.807, 2.05) is 6.92 Å². The monoisotopic (exact) mass is 725 g/mol. The van der Waals surface area contributed by atoms with E-state index < -0.39 is 64.3 Å². The van der Waals surface area contributed by atoms with Crippen LogP contribution in [0.3, 0.4) is 0 Å². The molecule has 0 aliphatic carbocycles. The van der Waals surface area contributed by atoms with Crippen LogP contribution in [0.15, 0.2) is 35.8 Å². The van der Waals surface area contributed by atoms with Gasteiger partial charge in [0.15, 0.2) is 0 Å². The molecule has 17 heteroatoms. The number of ether oxygens (including phenoxy) is 1. The fraction of sp³-hybridized carbons (Fsp3) is 0.467. The Morgan fingerprint density at radius 2 is 1.85 bits per heavy atom. The number of carbonyl (C=O) groups is 3. The lowest BCUT2D eigenvalue weighted by molar-refractivity contribution is -0.155. The van der Waals surface area contributed by atoms with Crippen molar-refractivity contribution in [3.63, 3.8) is 0 Å². The van der Waals surface area contributed by atoms with Gasteiger partial charge in [-0.2, -0.15) is 26.3 Å². The zero-order chi connectivity index (χ0) is 34.7. The van der Waals surface area contributed by atoms with Crippen molar-refractivity contribution in [2.45, 2.75) is 70.0 Å². The number of carbonyl (C=O) groups excluding carboxylic acids is 2. The van der Waals surface area contributed by atoms with Crippen LogP contribution < -0.4 is 4.74 Å². The molecule has 1 unspecified atom stereocenters.